The lowest BCUT2D eigenvalue weighted by Gasteiger charge is -2.16. The van der Waals surface area contributed by atoms with E-state index in [9.17, 15) is 0 Å². The van der Waals surface area contributed by atoms with Crippen LogP contribution in [0, 0.1) is 6.92 Å². The average Bonchev–Trinajstić information content (AvgIpc) is 3.00. The molecule has 2 nitrogen and oxygen atoms in total. The first-order valence-electron chi connectivity index (χ1n) is 16.9. The fourth-order valence-electron chi connectivity index (χ4n) is 6.25. The molecule has 42 heavy (non-hydrogen) atoms. The summed E-state index contributed by atoms with van der Waals surface area (Å²) in [6.07, 6.45) is 15.5. The summed E-state index contributed by atoms with van der Waals surface area (Å²) >= 11 is 0. The van der Waals surface area contributed by atoms with Gasteiger partial charge in [0.15, 0.2) is 0 Å². The van der Waals surface area contributed by atoms with E-state index in [-0.39, 0.29) is 0 Å². The molecule has 0 spiro atoms. The largest absolute Gasteiger partial charge is 0.252 e. The van der Waals surface area contributed by atoms with Crippen molar-refractivity contribution in [2.24, 2.45) is 9.98 Å². The van der Waals surface area contributed by atoms with Gasteiger partial charge in [0.2, 0.25) is 0 Å². The van der Waals surface area contributed by atoms with E-state index in [4.69, 9.17) is 9.98 Å². The molecule has 0 bridgehead atoms. The molecule has 0 radical (unpaired) electrons. The van der Waals surface area contributed by atoms with Crippen molar-refractivity contribution in [2.75, 3.05) is 0 Å². The molecule has 0 aliphatic carbocycles. The molecule has 0 heterocycles. The molecule has 0 aliphatic heterocycles. The summed E-state index contributed by atoms with van der Waals surface area (Å²) in [6, 6.07) is 20.1. The minimum atomic E-state index is 0.854. The molecule has 0 saturated carbocycles. The molecule has 226 valence electrons. The van der Waals surface area contributed by atoms with Gasteiger partial charge in [0.25, 0.3) is 0 Å². The third-order valence-corrected chi connectivity index (χ3v) is 8.58. The Morgan fingerprint density at radius 3 is 1.86 bits per heavy atom. The van der Waals surface area contributed by atoms with Gasteiger partial charge in [-0.25, -0.2) is 0 Å². The van der Waals surface area contributed by atoms with Crippen LogP contribution in [-0.2, 0) is 25.7 Å². The fraction of sp³-hybridized carbons (Fsp3) is 0.500. The smallest absolute Gasteiger partial charge is 0.0642 e. The zero-order valence-electron chi connectivity index (χ0n) is 27.8. The van der Waals surface area contributed by atoms with Gasteiger partial charge in [-0.2, -0.15) is 0 Å². The number of aliphatic imine (C=N–C) groups is 2. The molecule has 2 heteroatoms. The van der Waals surface area contributed by atoms with Gasteiger partial charge in [-0.15, -0.1) is 0 Å². The predicted molar refractivity (Wildman–Crippen MR) is 188 cm³/mol. The molecule has 3 rings (SSSR count). The summed E-state index contributed by atoms with van der Waals surface area (Å²) in [5.41, 5.74) is 14.1. The lowest BCUT2D eigenvalue weighted by atomic mass is 9.90. The van der Waals surface area contributed by atoms with Crippen LogP contribution in [0.15, 0.2) is 64.6 Å². The topological polar surface area (TPSA) is 24.7 Å². The van der Waals surface area contributed by atoms with Crippen molar-refractivity contribution < 1.29 is 0 Å². The number of benzene rings is 3. The summed E-state index contributed by atoms with van der Waals surface area (Å²) < 4.78 is 0. The van der Waals surface area contributed by atoms with Gasteiger partial charge < -0.3 is 0 Å². The molecule has 0 saturated heterocycles. The number of unbranched alkanes of at least 4 members (excludes halogenated alkanes) is 6. The van der Waals surface area contributed by atoms with E-state index < -0.39 is 0 Å². The standard InChI is InChI=1S/C40H56N2/c1-8-13-15-16-17-19-25-34-28-36(29-39(38(34)11-4)32-23-20-18-21-24-32)42-40(12-5)31(7)41-35-26-30(6)37(10-3)33(27-35)22-14-9-2/h18,20-21,23-24,26-29H,8-17,19,22,25H2,1-7H3. The molecule has 0 aromatic heterocycles. The summed E-state index contributed by atoms with van der Waals surface area (Å²) in [5, 5.41) is 0. The summed E-state index contributed by atoms with van der Waals surface area (Å²) in [7, 11) is 0. The summed E-state index contributed by atoms with van der Waals surface area (Å²) in [4.78, 5) is 10.4. The van der Waals surface area contributed by atoms with Gasteiger partial charge in [-0.3, -0.25) is 9.98 Å². The Morgan fingerprint density at radius 1 is 0.619 bits per heavy atom. The van der Waals surface area contributed by atoms with Crippen LogP contribution in [0.3, 0.4) is 0 Å². The predicted octanol–water partition coefficient (Wildman–Crippen LogP) is 12.3. The maximum Gasteiger partial charge on any atom is 0.0642 e. The molecule has 0 unspecified atom stereocenters. The Labute approximate surface area is 257 Å². The number of hydrogen-bond acceptors (Lipinski definition) is 2. The van der Waals surface area contributed by atoms with Crippen LogP contribution < -0.4 is 0 Å². The van der Waals surface area contributed by atoms with Gasteiger partial charge in [0.05, 0.1) is 22.8 Å². The molecule has 3 aromatic rings. The van der Waals surface area contributed by atoms with Crippen molar-refractivity contribution in [3.63, 3.8) is 0 Å². The van der Waals surface area contributed by atoms with Crippen molar-refractivity contribution >= 4 is 22.8 Å². The molecule has 3 aromatic carbocycles. The SMILES string of the molecule is CCCCCCCCc1cc(N=C(CC)C(C)=Nc2cc(C)c(CC)c(CCCC)c2)cc(-c2ccccc2)c1CC. The van der Waals surface area contributed by atoms with Gasteiger partial charge in [-0.05, 0) is 122 Å². The molecule has 0 N–H and O–H groups in total. The first-order chi connectivity index (χ1) is 20.4. The second-order valence-electron chi connectivity index (χ2n) is 11.8. The van der Waals surface area contributed by atoms with E-state index in [0.29, 0.717) is 0 Å². The van der Waals surface area contributed by atoms with Crippen LogP contribution >= 0.6 is 0 Å². The monoisotopic (exact) mass is 564 g/mol. The van der Waals surface area contributed by atoms with Crippen LogP contribution in [-0.4, -0.2) is 11.4 Å². The molecular formula is C40H56N2. The van der Waals surface area contributed by atoms with E-state index in [1.165, 1.54) is 90.3 Å². The van der Waals surface area contributed by atoms with Crippen molar-refractivity contribution in [3.8, 4) is 11.1 Å². The van der Waals surface area contributed by atoms with E-state index in [0.717, 1.165) is 54.9 Å². The highest BCUT2D eigenvalue weighted by atomic mass is 14.8. The Kier molecular flexibility index (Phi) is 14.2. The Morgan fingerprint density at radius 2 is 1.21 bits per heavy atom. The quantitative estimate of drug-likeness (QED) is 0.115. The van der Waals surface area contributed by atoms with E-state index >= 15 is 0 Å². The molecular weight excluding hydrogens is 508 g/mol. The third-order valence-electron chi connectivity index (χ3n) is 8.58. The highest BCUT2D eigenvalue weighted by Gasteiger charge is 2.13. The first kappa shape index (κ1) is 33.5. The Hall–Kier alpha value is -3.00. The zero-order chi connectivity index (χ0) is 30.3. The molecule has 0 amide bonds. The van der Waals surface area contributed by atoms with Crippen LogP contribution in [0.2, 0.25) is 0 Å². The van der Waals surface area contributed by atoms with Crippen LogP contribution in [0.25, 0.3) is 11.1 Å². The van der Waals surface area contributed by atoms with Crippen LogP contribution in [0.1, 0.15) is 127 Å². The maximum absolute atomic E-state index is 5.28. The van der Waals surface area contributed by atoms with Gasteiger partial charge in [0, 0.05) is 0 Å². The number of hydrogen-bond donors (Lipinski definition) is 0. The summed E-state index contributed by atoms with van der Waals surface area (Å²) in [6.45, 7) is 15.7. The van der Waals surface area contributed by atoms with Crippen molar-refractivity contribution in [1.29, 1.82) is 0 Å². The highest BCUT2D eigenvalue weighted by Crippen LogP contribution is 2.33. The molecule has 0 aliphatic rings. The fourth-order valence-corrected chi connectivity index (χ4v) is 6.25. The highest BCUT2D eigenvalue weighted by molar-refractivity contribution is 6.42. The lowest BCUT2D eigenvalue weighted by molar-refractivity contribution is 0.607. The van der Waals surface area contributed by atoms with Gasteiger partial charge >= 0.3 is 0 Å². The van der Waals surface area contributed by atoms with Gasteiger partial charge in [0.1, 0.15) is 0 Å². The molecule has 0 atom stereocenters. The minimum Gasteiger partial charge on any atom is -0.252 e. The van der Waals surface area contributed by atoms with Crippen LogP contribution in [0.4, 0.5) is 11.4 Å². The van der Waals surface area contributed by atoms with Crippen molar-refractivity contribution in [3.05, 3.63) is 82.4 Å². The van der Waals surface area contributed by atoms with Crippen molar-refractivity contribution in [2.45, 2.75) is 132 Å². The maximum atomic E-state index is 5.28. The van der Waals surface area contributed by atoms with Gasteiger partial charge in [-0.1, -0.05) is 103 Å². The number of aryl methyl sites for hydroxylation is 3. The first-order valence-corrected chi connectivity index (χ1v) is 16.9. The zero-order valence-corrected chi connectivity index (χ0v) is 27.8. The lowest BCUT2D eigenvalue weighted by Crippen LogP contribution is -2.09. The number of rotatable bonds is 17. The van der Waals surface area contributed by atoms with Crippen molar-refractivity contribution in [1.82, 2.24) is 0 Å². The second kappa shape index (κ2) is 17.8. The normalized spacial score (nSPS) is 12.3. The van der Waals surface area contributed by atoms with E-state index in [1.54, 1.807) is 0 Å². The Balaban J connectivity index is 2.00. The average molecular weight is 565 g/mol. The van der Waals surface area contributed by atoms with Crippen LogP contribution in [0.5, 0.6) is 0 Å². The third kappa shape index (κ3) is 9.51. The summed E-state index contributed by atoms with van der Waals surface area (Å²) in [5.74, 6) is 0. The van der Waals surface area contributed by atoms with E-state index in [1.807, 2.05) is 0 Å². The Bertz CT molecular complexity index is 1310. The minimum absolute atomic E-state index is 0.854. The molecule has 0 fully saturated rings. The van der Waals surface area contributed by atoms with E-state index in [2.05, 4.69) is 103 Å². The second-order valence-corrected chi connectivity index (χ2v) is 11.8. The number of nitrogens with zero attached hydrogens (tertiary/aromatic N) is 2.